The number of aromatic nitrogens is 1. The molecule has 2 aromatic carbocycles. The zero-order valence-electron chi connectivity index (χ0n) is 15.2. The minimum atomic E-state index is -1.61. The second-order valence-electron chi connectivity index (χ2n) is 6.78. The Kier molecular flexibility index (Phi) is 4.73. The van der Waals surface area contributed by atoms with Gasteiger partial charge in [-0.25, -0.2) is 22.4 Å². The van der Waals surface area contributed by atoms with E-state index in [1.165, 1.54) is 11.0 Å². The molecule has 0 saturated heterocycles. The van der Waals surface area contributed by atoms with Crippen LogP contribution in [0, 0.1) is 23.3 Å². The minimum Gasteiger partial charge on any atom is -0.356 e. The molecule has 9 heteroatoms. The summed E-state index contributed by atoms with van der Waals surface area (Å²) in [6.45, 7) is 1.83. The number of benzene rings is 2. The topological polar surface area (TPSA) is 58.4 Å². The highest BCUT2D eigenvalue weighted by Crippen LogP contribution is 2.34. The molecule has 4 rings (SSSR count). The lowest BCUT2D eigenvalue weighted by atomic mass is 9.97. The van der Waals surface area contributed by atoms with Gasteiger partial charge in [-0.05, 0) is 19.1 Å². The van der Waals surface area contributed by atoms with Gasteiger partial charge in [-0.3, -0.25) is 0 Å². The van der Waals surface area contributed by atoms with Crippen LogP contribution in [0.25, 0.3) is 11.3 Å². The van der Waals surface area contributed by atoms with E-state index in [1.807, 2.05) is 0 Å². The molecular formula is C20H15F4N3O2. The lowest BCUT2D eigenvalue weighted by Crippen LogP contribution is -2.44. The van der Waals surface area contributed by atoms with Crippen LogP contribution in [-0.4, -0.2) is 22.1 Å². The summed E-state index contributed by atoms with van der Waals surface area (Å²) < 4.78 is 59.4. The van der Waals surface area contributed by atoms with E-state index in [0.717, 1.165) is 0 Å². The molecule has 0 saturated carbocycles. The Morgan fingerprint density at radius 3 is 2.52 bits per heavy atom. The molecule has 0 radical (unpaired) electrons. The molecule has 1 atom stereocenters. The summed E-state index contributed by atoms with van der Waals surface area (Å²) in [4.78, 5) is 14.1. The predicted octanol–water partition coefficient (Wildman–Crippen LogP) is 4.88. The average molecular weight is 405 g/mol. The Bertz CT molecular complexity index is 1080. The number of rotatable bonds is 2. The molecule has 5 nitrogen and oxygen atoms in total. The van der Waals surface area contributed by atoms with Crippen molar-refractivity contribution >= 4 is 11.7 Å². The van der Waals surface area contributed by atoms with Gasteiger partial charge in [-0.2, -0.15) is 0 Å². The Balaban J connectivity index is 1.61. The van der Waals surface area contributed by atoms with E-state index in [2.05, 4.69) is 10.5 Å². The van der Waals surface area contributed by atoms with Gasteiger partial charge in [0.2, 0.25) is 0 Å². The summed E-state index contributed by atoms with van der Waals surface area (Å²) in [7, 11) is 0. The van der Waals surface area contributed by atoms with Gasteiger partial charge in [0.15, 0.2) is 23.2 Å². The Morgan fingerprint density at radius 2 is 1.83 bits per heavy atom. The molecule has 2 heterocycles. The number of anilines is 1. The SMILES string of the molecule is C[C@H]1Cc2noc(-c3ccccc3F)c2CN1C(=O)Nc1cc(F)c(F)c(F)c1. The molecule has 1 N–H and O–H groups in total. The number of carbonyl (C=O) groups excluding carboxylic acids is 1. The van der Waals surface area contributed by atoms with Crippen LogP contribution in [-0.2, 0) is 13.0 Å². The van der Waals surface area contributed by atoms with Crippen LogP contribution in [0.1, 0.15) is 18.2 Å². The zero-order chi connectivity index (χ0) is 20.7. The minimum absolute atomic E-state index is 0.0572. The molecule has 0 aliphatic carbocycles. The van der Waals surface area contributed by atoms with E-state index in [1.54, 1.807) is 25.1 Å². The first-order valence-electron chi connectivity index (χ1n) is 8.79. The van der Waals surface area contributed by atoms with E-state index in [-0.39, 0.29) is 29.6 Å². The smallest absolute Gasteiger partial charge is 0.322 e. The monoisotopic (exact) mass is 405 g/mol. The third kappa shape index (κ3) is 3.43. The van der Waals surface area contributed by atoms with Gasteiger partial charge in [-0.15, -0.1) is 0 Å². The molecule has 1 aromatic heterocycles. The van der Waals surface area contributed by atoms with Gasteiger partial charge in [0.1, 0.15) is 5.82 Å². The fourth-order valence-electron chi connectivity index (χ4n) is 3.33. The Morgan fingerprint density at radius 1 is 1.14 bits per heavy atom. The number of amides is 2. The van der Waals surface area contributed by atoms with Crippen LogP contribution in [0.5, 0.6) is 0 Å². The third-order valence-electron chi connectivity index (χ3n) is 4.83. The van der Waals surface area contributed by atoms with Crippen LogP contribution >= 0.6 is 0 Å². The number of halogens is 4. The van der Waals surface area contributed by atoms with Gasteiger partial charge in [0.05, 0.1) is 17.8 Å². The molecule has 1 aliphatic rings. The van der Waals surface area contributed by atoms with Crippen molar-refractivity contribution in [2.24, 2.45) is 0 Å². The van der Waals surface area contributed by atoms with Gasteiger partial charge in [-0.1, -0.05) is 17.3 Å². The van der Waals surface area contributed by atoms with Gasteiger partial charge < -0.3 is 14.7 Å². The third-order valence-corrected chi connectivity index (χ3v) is 4.83. The summed E-state index contributed by atoms with van der Waals surface area (Å²) in [5, 5.41) is 6.35. The molecule has 0 spiro atoms. The summed E-state index contributed by atoms with van der Waals surface area (Å²) in [5.41, 5.74) is 1.17. The van der Waals surface area contributed by atoms with Crippen LogP contribution in [0.15, 0.2) is 40.9 Å². The predicted molar refractivity (Wildman–Crippen MR) is 95.9 cm³/mol. The molecule has 2 amide bonds. The van der Waals surface area contributed by atoms with Crippen molar-refractivity contribution in [1.82, 2.24) is 10.1 Å². The van der Waals surface area contributed by atoms with Crippen molar-refractivity contribution in [3.8, 4) is 11.3 Å². The first-order valence-corrected chi connectivity index (χ1v) is 8.79. The fourth-order valence-corrected chi connectivity index (χ4v) is 3.33. The van der Waals surface area contributed by atoms with E-state index in [0.29, 0.717) is 29.8 Å². The Hall–Kier alpha value is -3.36. The van der Waals surface area contributed by atoms with Gasteiger partial charge in [0.25, 0.3) is 0 Å². The molecule has 0 bridgehead atoms. The van der Waals surface area contributed by atoms with Crippen molar-refractivity contribution in [2.45, 2.75) is 25.9 Å². The van der Waals surface area contributed by atoms with Crippen LogP contribution < -0.4 is 5.32 Å². The highest BCUT2D eigenvalue weighted by Gasteiger charge is 2.33. The first-order chi connectivity index (χ1) is 13.8. The number of hydrogen-bond donors (Lipinski definition) is 1. The molecule has 29 heavy (non-hydrogen) atoms. The normalized spacial score (nSPS) is 15.9. The highest BCUT2D eigenvalue weighted by molar-refractivity contribution is 5.90. The molecule has 1 aliphatic heterocycles. The van der Waals surface area contributed by atoms with Crippen molar-refractivity contribution in [1.29, 1.82) is 0 Å². The van der Waals surface area contributed by atoms with Crippen molar-refractivity contribution in [2.75, 3.05) is 5.32 Å². The molecule has 3 aromatic rings. The maximum absolute atomic E-state index is 14.2. The maximum atomic E-state index is 14.2. The highest BCUT2D eigenvalue weighted by atomic mass is 19.2. The molecule has 0 fully saturated rings. The lowest BCUT2D eigenvalue weighted by molar-refractivity contribution is 0.182. The van der Waals surface area contributed by atoms with Crippen molar-refractivity contribution in [3.63, 3.8) is 0 Å². The van der Waals surface area contributed by atoms with E-state index in [4.69, 9.17) is 4.52 Å². The van der Waals surface area contributed by atoms with Crippen LogP contribution in [0.3, 0.4) is 0 Å². The van der Waals surface area contributed by atoms with Crippen molar-refractivity contribution in [3.05, 3.63) is 70.9 Å². The fraction of sp³-hybridized carbons (Fsp3) is 0.200. The second kappa shape index (κ2) is 7.23. The van der Waals surface area contributed by atoms with Crippen LogP contribution in [0.2, 0.25) is 0 Å². The lowest BCUT2D eigenvalue weighted by Gasteiger charge is -2.32. The van der Waals surface area contributed by atoms with Crippen molar-refractivity contribution < 1.29 is 26.9 Å². The largest absolute Gasteiger partial charge is 0.356 e. The summed E-state index contributed by atoms with van der Waals surface area (Å²) >= 11 is 0. The van der Waals surface area contributed by atoms with Gasteiger partial charge in [0, 0.05) is 35.8 Å². The standard InChI is InChI=1S/C20H15F4N3O2/c1-10-6-17-13(19(29-26-17)12-4-2-3-5-14(12)21)9-27(10)20(28)25-11-7-15(22)18(24)16(23)8-11/h2-5,7-8,10H,6,9H2,1H3,(H,25,28)/t10-/m0/s1. The zero-order valence-corrected chi connectivity index (χ0v) is 15.2. The number of hydrogen-bond acceptors (Lipinski definition) is 3. The van der Waals surface area contributed by atoms with E-state index < -0.39 is 29.3 Å². The second-order valence-corrected chi connectivity index (χ2v) is 6.78. The summed E-state index contributed by atoms with van der Waals surface area (Å²) in [5.74, 6) is -4.69. The first kappa shape index (κ1) is 19.0. The number of nitrogens with one attached hydrogen (secondary N) is 1. The summed E-state index contributed by atoms with van der Waals surface area (Å²) in [6, 6.07) is 6.47. The quantitative estimate of drug-likeness (QED) is 0.489. The van der Waals surface area contributed by atoms with E-state index >= 15 is 0 Å². The average Bonchev–Trinajstić information content (AvgIpc) is 3.08. The molecule has 0 unspecified atom stereocenters. The number of fused-ring (bicyclic) bond motifs is 1. The molecule has 150 valence electrons. The van der Waals surface area contributed by atoms with E-state index in [9.17, 15) is 22.4 Å². The van der Waals surface area contributed by atoms with Crippen LogP contribution in [0.4, 0.5) is 28.0 Å². The summed E-state index contributed by atoms with van der Waals surface area (Å²) in [6.07, 6.45) is 0.354. The van der Waals surface area contributed by atoms with Gasteiger partial charge >= 0.3 is 6.03 Å². The number of nitrogens with zero attached hydrogens (tertiary/aromatic N) is 2. The maximum Gasteiger partial charge on any atom is 0.322 e. The number of carbonyl (C=O) groups is 1. The Labute approximate surface area is 162 Å². The number of urea groups is 1. The molecular weight excluding hydrogens is 390 g/mol.